The first kappa shape index (κ1) is 22.4. The normalized spacial score (nSPS) is 12.0. The Hall–Kier alpha value is -2.93. The zero-order chi connectivity index (χ0) is 21.7. The van der Waals surface area contributed by atoms with Gasteiger partial charge in [0.1, 0.15) is 5.69 Å². The SMILES string of the molecule is Cc1[nH]c(C(=O)OCC(=O)c2ccc(NC(=O)CC(C)C)cc2)c(C)c1[C@H](C)O. The van der Waals surface area contributed by atoms with Gasteiger partial charge in [-0.05, 0) is 56.5 Å². The van der Waals surface area contributed by atoms with Crippen LogP contribution < -0.4 is 5.32 Å². The Bertz CT molecular complexity index is 895. The summed E-state index contributed by atoms with van der Waals surface area (Å²) in [4.78, 5) is 39.3. The molecule has 1 atom stereocenters. The summed E-state index contributed by atoms with van der Waals surface area (Å²) in [5.74, 6) is -0.825. The predicted molar refractivity (Wildman–Crippen MR) is 110 cm³/mol. The van der Waals surface area contributed by atoms with Crippen LogP contribution in [0.3, 0.4) is 0 Å². The first-order valence-electron chi connectivity index (χ1n) is 9.57. The van der Waals surface area contributed by atoms with E-state index in [9.17, 15) is 19.5 Å². The predicted octanol–water partition coefficient (Wildman–Crippen LogP) is 3.71. The van der Waals surface area contributed by atoms with Crippen molar-refractivity contribution in [2.45, 2.75) is 47.1 Å². The Kier molecular flexibility index (Phi) is 7.34. The van der Waals surface area contributed by atoms with Gasteiger partial charge in [-0.3, -0.25) is 9.59 Å². The number of ether oxygens (including phenoxy) is 1. The van der Waals surface area contributed by atoms with Crippen LogP contribution in [0.4, 0.5) is 5.69 Å². The van der Waals surface area contributed by atoms with Crippen molar-refractivity contribution in [1.82, 2.24) is 4.98 Å². The minimum Gasteiger partial charge on any atom is -0.453 e. The Morgan fingerprint density at radius 3 is 2.24 bits per heavy atom. The molecule has 0 fully saturated rings. The number of aliphatic hydroxyl groups excluding tert-OH is 1. The van der Waals surface area contributed by atoms with E-state index in [0.29, 0.717) is 34.5 Å². The van der Waals surface area contributed by atoms with Gasteiger partial charge < -0.3 is 20.1 Å². The zero-order valence-corrected chi connectivity index (χ0v) is 17.5. The topological polar surface area (TPSA) is 108 Å². The van der Waals surface area contributed by atoms with Crippen LogP contribution in [0.25, 0.3) is 0 Å². The fourth-order valence-electron chi connectivity index (χ4n) is 3.20. The second-order valence-corrected chi connectivity index (χ2v) is 7.56. The number of aromatic amines is 1. The average molecular weight is 400 g/mol. The maximum absolute atomic E-state index is 12.3. The Morgan fingerprint density at radius 1 is 1.10 bits per heavy atom. The van der Waals surface area contributed by atoms with E-state index >= 15 is 0 Å². The molecule has 0 unspecified atom stereocenters. The molecule has 0 saturated carbocycles. The van der Waals surface area contributed by atoms with Crippen molar-refractivity contribution in [2.75, 3.05) is 11.9 Å². The number of hydrogen-bond acceptors (Lipinski definition) is 5. The number of anilines is 1. The van der Waals surface area contributed by atoms with E-state index in [1.54, 1.807) is 45.0 Å². The fourth-order valence-corrected chi connectivity index (χ4v) is 3.20. The second-order valence-electron chi connectivity index (χ2n) is 7.56. The largest absolute Gasteiger partial charge is 0.453 e. The van der Waals surface area contributed by atoms with Crippen molar-refractivity contribution >= 4 is 23.3 Å². The second kappa shape index (κ2) is 9.52. The molecule has 0 radical (unpaired) electrons. The summed E-state index contributed by atoms with van der Waals surface area (Å²) in [5.41, 5.74) is 3.16. The van der Waals surface area contributed by atoms with Gasteiger partial charge >= 0.3 is 5.97 Å². The summed E-state index contributed by atoms with van der Waals surface area (Å²) in [7, 11) is 0. The minimum absolute atomic E-state index is 0.0822. The van der Waals surface area contributed by atoms with Crippen LogP contribution in [-0.4, -0.2) is 34.4 Å². The van der Waals surface area contributed by atoms with Gasteiger partial charge in [0.2, 0.25) is 5.91 Å². The lowest BCUT2D eigenvalue weighted by atomic mass is 10.1. The van der Waals surface area contributed by atoms with E-state index in [1.807, 2.05) is 13.8 Å². The van der Waals surface area contributed by atoms with Crippen molar-refractivity contribution in [1.29, 1.82) is 0 Å². The number of H-pyrrole nitrogens is 1. The van der Waals surface area contributed by atoms with Crippen LogP contribution in [0.15, 0.2) is 24.3 Å². The van der Waals surface area contributed by atoms with Crippen LogP contribution >= 0.6 is 0 Å². The summed E-state index contributed by atoms with van der Waals surface area (Å²) < 4.78 is 5.14. The number of aliphatic hydroxyl groups is 1. The molecule has 29 heavy (non-hydrogen) atoms. The Balaban J connectivity index is 1.96. The highest BCUT2D eigenvalue weighted by atomic mass is 16.5. The molecule has 7 nitrogen and oxygen atoms in total. The van der Waals surface area contributed by atoms with Crippen molar-refractivity contribution in [2.24, 2.45) is 5.92 Å². The number of ketones is 1. The fraction of sp³-hybridized carbons (Fsp3) is 0.409. The average Bonchev–Trinajstić information content (AvgIpc) is 2.93. The summed E-state index contributed by atoms with van der Waals surface area (Å²) in [5, 5.41) is 12.6. The molecule has 1 aromatic heterocycles. The van der Waals surface area contributed by atoms with Gasteiger partial charge in [0, 0.05) is 28.9 Å². The number of aryl methyl sites for hydroxylation is 1. The molecule has 1 amide bonds. The highest BCUT2D eigenvalue weighted by Gasteiger charge is 2.21. The van der Waals surface area contributed by atoms with Gasteiger partial charge in [-0.15, -0.1) is 0 Å². The van der Waals surface area contributed by atoms with Crippen molar-refractivity contribution in [3.05, 3.63) is 52.3 Å². The lowest BCUT2D eigenvalue weighted by Gasteiger charge is -2.08. The number of aromatic nitrogens is 1. The van der Waals surface area contributed by atoms with Gasteiger partial charge in [-0.25, -0.2) is 4.79 Å². The monoisotopic (exact) mass is 400 g/mol. The lowest BCUT2D eigenvalue weighted by Crippen LogP contribution is -2.16. The van der Waals surface area contributed by atoms with Crippen LogP contribution in [0.5, 0.6) is 0 Å². The molecule has 0 saturated heterocycles. The van der Waals surface area contributed by atoms with Crippen molar-refractivity contribution in [3.8, 4) is 0 Å². The van der Waals surface area contributed by atoms with E-state index in [-0.39, 0.29) is 23.3 Å². The van der Waals surface area contributed by atoms with Gasteiger partial charge in [-0.2, -0.15) is 0 Å². The molecule has 1 heterocycles. The molecule has 7 heteroatoms. The maximum atomic E-state index is 12.3. The molecule has 0 spiro atoms. The van der Waals surface area contributed by atoms with Gasteiger partial charge in [0.25, 0.3) is 0 Å². The number of amides is 1. The number of hydrogen-bond donors (Lipinski definition) is 3. The van der Waals surface area contributed by atoms with E-state index in [0.717, 1.165) is 0 Å². The number of carbonyl (C=O) groups is 3. The van der Waals surface area contributed by atoms with E-state index < -0.39 is 18.7 Å². The molecule has 0 aliphatic rings. The molecule has 0 aliphatic carbocycles. The van der Waals surface area contributed by atoms with E-state index in [2.05, 4.69) is 10.3 Å². The quantitative estimate of drug-likeness (QED) is 0.462. The lowest BCUT2D eigenvalue weighted by molar-refractivity contribution is -0.116. The molecular weight excluding hydrogens is 372 g/mol. The molecular formula is C22H28N2O5. The Morgan fingerprint density at radius 2 is 1.72 bits per heavy atom. The molecule has 0 bridgehead atoms. The number of rotatable bonds is 8. The molecule has 1 aromatic carbocycles. The van der Waals surface area contributed by atoms with E-state index in [1.165, 1.54) is 0 Å². The van der Waals surface area contributed by atoms with Crippen molar-refractivity contribution in [3.63, 3.8) is 0 Å². The van der Waals surface area contributed by atoms with E-state index in [4.69, 9.17) is 4.74 Å². The highest BCUT2D eigenvalue weighted by Crippen LogP contribution is 2.25. The first-order chi connectivity index (χ1) is 13.6. The smallest absolute Gasteiger partial charge is 0.355 e. The van der Waals surface area contributed by atoms with Gasteiger partial charge in [0.15, 0.2) is 12.4 Å². The molecule has 156 valence electrons. The number of nitrogens with one attached hydrogen (secondary N) is 2. The molecule has 2 rings (SSSR count). The third kappa shape index (κ3) is 5.77. The Labute approximate surface area is 170 Å². The number of esters is 1. The zero-order valence-electron chi connectivity index (χ0n) is 17.5. The number of benzene rings is 1. The van der Waals surface area contributed by atoms with Gasteiger partial charge in [0.05, 0.1) is 6.10 Å². The highest BCUT2D eigenvalue weighted by molar-refractivity contribution is 6.00. The van der Waals surface area contributed by atoms with Crippen LogP contribution in [0.1, 0.15) is 71.0 Å². The third-order valence-corrected chi connectivity index (χ3v) is 4.54. The first-order valence-corrected chi connectivity index (χ1v) is 9.57. The molecule has 2 aromatic rings. The van der Waals surface area contributed by atoms with Crippen LogP contribution in [0, 0.1) is 19.8 Å². The van der Waals surface area contributed by atoms with Crippen LogP contribution in [-0.2, 0) is 9.53 Å². The number of Topliss-reactive ketones (excluding diaryl/α,β-unsaturated/α-hetero) is 1. The maximum Gasteiger partial charge on any atom is 0.355 e. The van der Waals surface area contributed by atoms with Crippen molar-refractivity contribution < 1.29 is 24.2 Å². The van der Waals surface area contributed by atoms with Crippen LogP contribution in [0.2, 0.25) is 0 Å². The summed E-state index contributed by atoms with van der Waals surface area (Å²) in [6.07, 6.45) is -0.292. The van der Waals surface area contributed by atoms with Gasteiger partial charge in [-0.1, -0.05) is 13.8 Å². The summed E-state index contributed by atoms with van der Waals surface area (Å²) in [6.45, 7) is 8.62. The minimum atomic E-state index is -0.714. The summed E-state index contributed by atoms with van der Waals surface area (Å²) >= 11 is 0. The standard InChI is InChI=1S/C22H28N2O5/c1-12(2)10-19(27)24-17-8-6-16(7-9-17)18(26)11-29-22(28)21-13(3)20(15(5)25)14(4)23-21/h6-9,12,15,23,25H,10-11H2,1-5H3,(H,24,27)/t15-/m0/s1. The number of carbonyl (C=O) groups excluding carboxylic acids is 3. The summed E-state index contributed by atoms with van der Waals surface area (Å²) in [6, 6.07) is 6.44. The molecule has 0 aliphatic heterocycles. The molecule has 3 N–H and O–H groups in total. The third-order valence-electron chi connectivity index (χ3n) is 4.54.